The fourth-order valence-electron chi connectivity index (χ4n) is 4.40. The molecule has 2 fully saturated rings. The van der Waals surface area contributed by atoms with Gasteiger partial charge in [0.15, 0.2) is 0 Å². The molecule has 6 heteroatoms. The predicted molar refractivity (Wildman–Crippen MR) is 117 cm³/mol. The average Bonchev–Trinajstić information content (AvgIpc) is 3.22. The van der Waals surface area contributed by atoms with Crippen LogP contribution in [0.15, 0.2) is 41.1 Å². The number of hydrogen-bond acceptors (Lipinski definition) is 5. The molecule has 156 valence electrons. The first kappa shape index (κ1) is 20.5. The lowest BCUT2D eigenvalue weighted by Gasteiger charge is -2.48. The standard InChI is InChI=1S/C23H31N3O2S/c1-18-3-5-19(6-4-18)13-24-22(27)21-15-25(2)17-23(28-21)8-10-26(11-9-23)14-20-7-12-29-16-20/h3-7,12,16,21H,8-11,13-15,17H2,1-2H3,(H,24,27)/t21-/m0/s1. The molecule has 2 aliphatic rings. The molecule has 3 heterocycles. The van der Waals surface area contributed by atoms with Crippen molar-refractivity contribution in [3.8, 4) is 0 Å². The predicted octanol–water partition coefficient (Wildman–Crippen LogP) is 3.04. The van der Waals surface area contributed by atoms with Crippen molar-refractivity contribution in [3.05, 3.63) is 57.8 Å². The summed E-state index contributed by atoms with van der Waals surface area (Å²) in [5, 5.41) is 7.43. The van der Waals surface area contributed by atoms with Crippen molar-refractivity contribution in [3.63, 3.8) is 0 Å². The van der Waals surface area contributed by atoms with Gasteiger partial charge < -0.3 is 15.0 Å². The molecule has 2 saturated heterocycles. The van der Waals surface area contributed by atoms with Crippen LogP contribution in [0, 0.1) is 6.92 Å². The van der Waals surface area contributed by atoms with Crippen LogP contribution >= 0.6 is 11.3 Å². The van der Waals surface area contributed by atoms with E-state index in [1.54, 1.807) is 11.3 Å². The number of ether oxygens (including phenoxy) is 1. The van der Waals surface area contributed by atoms with Crippen molar-refractivity contribution in [2.75, 3.05) is 33.2 Å². The van der Waals surface area contributed by atoms with Crippen molar-refractivity contribution in [2.24, 2.45) is 0 Å². The van der Waals surface area contributed by atoms with E-state index in [1.165, 1.54) is 11.1 Å². The van der Waals surface area contributed by atoms with E-state index >= 15 is 0 Å². The fraction of sp³-hybridized carbons (Fsp3) is 0.522. The molecular weight excluding hydrogens is 382 g/mol. The summed E-state index contributed by atoms with van der Waals surface area (Å²) in [5.41, 5.74) is 3.53. The summed E-state index contributed by atoms with van der Waals surface area (Å²) in [6.45, 7) is 7.21. The third kappa shape index (κ3) is 5.25. The molecule has 0 radical (unpaired) electrons. The average molecular weight is 414 g/mol. The maximum absolute atomic E-state index is 12.8. The van der Waals surface area contributed by atoms with Crippen molar-refractivity contribution in [2.45, 2.75) is 44.6 Å². The Morgan fingerprint density at radius 3 is 2.66 bits per heavy atom. The number of aryl methyl sites for hydroxylation is 1. The molecule has 2 aliphatic heterocycles. The fourth-order valence-corrected chi connectivity index (χ4v) is 5.06. The topological polar surface area (TPSA) is 44.8 Å². The molecule has 5 nitrogen and oxygen atoms in total. The summed E-state index contributed by atoms with van der Waals surface area (Å²) in [7, 11) is 2.10. The van der Waals surface area contributed by atoms with Gasteiger partial charge in [-0.05, 0) is 54.8 Å². The zero-order chi connectivity index (χ0) is 20.3. The molecule has 1 atom stereocenters. The number of carbonyl (C=O) groups is 1. The number of nitrogens with one attached hydrogen (secondary N) is 1. The van der Waals surface area contributed by atoms with E-state index in [1.807, 2.05) is 0 Å². The SMILES string of the molecule is Cc1ccc(CNC(=O)[C@@H]2CN(C)CC3(CCN(Cc4ccsc4)CC3)O2)cc1. The molecule has 1 spiro atoms. The van der Waals surface area contributed by atoms with Gasteiger partial charge in [-0.2, -0.15) is 11.3 Å². The van der Waals surface area contributed by atoms with Crippen LogP contribution in [-0.2, 0) is 22.6 Å². The lowest BCUT2D eigenvalue weighted by molar-refractivity contribution is -0.182. The number of benzene rings is 1. The molecule has 2 aromatic rings. The van der Waals surface area contributed by atoms with Gasteiger partial charge in [0.1, 0.15) is 6.10 Å². The van der Waals surface area contributed by atoms with Gasteiger partial charge in [-0.1, -0.05) is 29.8 Å². The summed E-state index contributed by atoms with van der Waals surface area (Å²) in [4.78, 5) is 17.6. The highest BCUT2D eigenvalue weighted by Crippen LogP contribution is 2.32. The van der Waals surface area contributed by atoms with Crippen molar-refractivity contribution in [1.82, 2.24) is 15.1 Å². The third-order valence-corrected chi connectivity index (χ3v) is 6.79. The molecule has 1 aromatic carbocycles. The number of likely N-dealkylation sites (tertiary alicyclic amines) is 1. The lowest BCUT2D eigenvalue weighted by Crippen LogP contribution is -2.61. The van der Waals surface area contributed by atoms with Crippen LogP contribution in [0.5, 0.6) is 0 Å². The number of rotatable bonds is 5. The van der Waals surface area contributed by atoms with Crippen molar-refractivity contribution >= 4 is 17.2 Å². The maximum atomic E-state index is 12.8. The number of thiophene rings is 1. The Hall–Kier alpha value is -1.73. The number of morpholine rings is 1. The smallest absolute Gasteiger partial charge is 0.250 e. The van der Waals surface area contributed by atoms with Crippen LogP contribution in [0.2, 0.25) is 0 Å². The van der Waals surface area contributed by atoms with Crippen LogP contribution in [-0.4, -0.2) is 60.6 Å². The van der Waals surface area contributed by atoms with Crippen LogP contribution in [0.3, 0.4) is 0 Å². The minimum absolute atomic E-state index is 0.00259. The summed E-state index contributed by atoms with van der Waals surface area (Å²) >= 11 is 1.75. The number of piperidine rings is 1. The minimum Gasteiger partial charge on any atom is -0.359 e. The van der Waals surface area contributed by atoms with E-state index in [9.17, 15) is 4.79 Å². The molecule has 1 N–H and O–H groups in total. The Bertz CT molecular complexity index is 798. The number of likely N-dealkylation sites (N-methyl/N-ethyl adjacent to an activating group) is 1. The molecule has 0 aliphatic carbocycles. The third-order valence-electron chi connectivity index (χ3n) is 6.06. The van der Waals surface area contributed by atoms with Gasteiger partial charge in [0.25, 0.3) is 5.91 Å². The number of carbonyl (C=O) groups excluding carboxylic acids is 1. The number of amides is 1. The van der Waals surface area contributed by atoms with Crippen molar-refractivity contribution < 1.29 is 9.53 Å². The summed E-state index contributed by atoms with van der Waals surface area (Å²) < 4.78 is 6.46. The first-order valence-electron chi connectivity index (χ1n) is 10.4. The Labute approximate surface area is 177 Å². The normalized spacial score (nSPS) is 22.6. The Balaban J connectivity index is 1.31. The Morgan fingerprint density at radius 1 is 1.21 bits per heavy atom. The van der Waals surface area contributed by atoms with Crippen LogP contribution < -0.4 is 5.32 Å². The highest BCUT2D eigenvalue weighted by molar-refractivity contribution is 7.07. The van der Waals surface area contributed by atoms with E-state index in [-0.39, 0.29) is 11.5 Å². The monoisotopic (exact) mass is 413 g/mol. The zero-order valence-electron chi connectivity index (χ0n) is 17.4. The Kier molecular flexibility index (Phi) is 6.35. The first-order chi connectivity index (χ1) is 14.0. The first-order valence-corrected chi connectivity index (χ1v) is 11.4. The summed E-state index contributed by atoms with van der Waals surface area (Å²) in [6.07, 6.45) is 1.55. The molecule has 1 amide bonds. The molecular formula is C23H31N3O2S. The van der Waals surface area contributed by atoms with Gasteiger partial charge in [0.2, 0.25) is 0 Å². The Morgan fingerprint density at radius 2 is 1.97 bits per heavy atom. The van der Waals surface area contributed by atoms with Gasteiger partial charge in [-0.15, -0.1) is 0 Å². The largest absolute Gasteiger partial charge is 0.359 e. The molecule has 29 heavy (non-hydrogen) atoms. The van der Waals surface area contributed by atoms with Gasteiger partial charge in [0, 0.05) is 39.3 Å². The van der Waals surface area contributed by atoms with Gasteiger partial charge in [-0.3, -0.25) is 9.69 Å². The second-order valence-corrected chi connectivity index (χ2v) is 9.38. The molecule has 0 bridgehead atoms. The van der Waals surface area contributed by atoms with Crippen molar-refractivity contribution in [1.29, 1.82) is 0 Å². The number of nitrogens with zero attached hydrogens (tertiary/aromatic N) is 2. The maximum Gasteiger partial charge on any atom is 0.250 e. The van der Waals surface area contributed by atoms with Crippen LogP contribution in [0.1, 0.15) is 29.5 Å². The van der Waals surface area contributed by atoms with E-state index in [4.69, 9.17) is 4.74 Å². The highest BCUT2D eigenvalue weighted by atomic mass is 32.1. The molecule has 0 unspecified atom stereocenters. The zero-order valence-corrected chi connectivity index (χ0v) is 18.2. The van der Waals surface area contributed by atoms with E-state index in [0.29, 0.717) is 13.1 Å². The quantitative estimate of drug-likeness (QED) is 0.818. The second kappa shape index (κ2) is 8.96. The minimum atomic E-state index is -0.400. The van der Waals surface area contributed by atoms with Gasteiger partial charge in [-0.25, -0.2) is 0 Å². The molecule has 0 saturated carbocycles. The van der Waals surface area contributed by atoms with E-state index < -0.39 is 6.10 Å². The second-order valence-electron chi connectivity index (χ2n) is 8.60. The lowest BCUT2D eigenvalue weighted by atomic mass is 9.88. The van der Waals surface area contributed by atoms with E-state index in [2.05, 4.69) is 70.2 Å². The van der Waals surface area contributed by atoms with Crippen LogP contribution in [0.4, 0.5) is 0 Å². The van der Waals surface area contributed by atoms with Crippen LogP contribution in [0.25, 0.3) is 0 Å². The van der Waals surface area contributed by atoms with Gasteiger partial charge >= 0.3 is 0 Å². The molecule has 4 rings (SSSR count). The summed E-state index contributed by atoms with van der Waals surface area (Å²) in [6, 6.07) is 10.5. The summed E-state index contributed by atoms with van der Waals surface area (Å²) in [5.74, 6) is -0.00259. The van der Waals surface area contributed by atoms with E-state index in [0.717, 1.165) is 44.6 Å². The highest BCUT2D eigenvalue weighted by Gasteiger charge is 2.43. The molecule has 1 aromatic heterocycles. The number of hydrogen-bond donors (Lipinski definition) is 1. The van der Waals surface area contributed by atoms with Gasteiger partial charge in [0.05, 0.1) is 5.60 Å².